The Kier molecular flexibility index (Phi) is 3.92. The van der Waals surface area contributed by atoms with Gasteiger partial charge < -0.3 is 19.3 Å². The van der Waals surface area contributed by atoms with E-state index in [1.54, 1.807) is 0 Å². The molecule has 102 valence electrons. The number of aliphatic hydroxyl groups excluding tert-OH is 1. The van der Waals surface area contributed by atoms with Crippen molar-refractivity contribution in [2.24, 2.45) is 0 Å². The minimum Gasteiger partial charge on any atom is -0.486 e. The van der Waals surface area contributed by atoms with Gasteiger partial charge in [-0.3, -0.25) is 4.79 Å². The molecule has 1 aromatic rings. The first-order chi connectivity index (χ1) is 9.10. The van der Waals surface area contributed by atoms with Crippen molar-refractivity contribution in [3.63, 3.8) is 0 Å². The number of rotatable bonds is 3. The third-order valence-corrected chi connectivity index (χ3v) is 2.98. The number of halogens is 1. The minimum atomic E-state index is -1.56. The number of aldehydes is 1. The molecule has 1 atom stereocenters. The molecule has 0 aliphatic carbocycles. The molecule has 19 heavy (non-hydrogen) atoms. The number of fused-ring (bicyclic) bond motifs is 1. The Bertz CT molecular complexity index is 527. The first kappa shape index (κ1) is 13.6. The van der Waals surface area contributed by atoms with E-state index < -0.39 is 12.1 Å². The van der Waals surface area contributed by atoms with E-state index in [1.807, 2.05) is 0 Å². The van der Waals surface area contributed by atoms with Crippen LogP contribution in [0.5, 0.6) is 11.5 Å². The van der Waals surface area contributed by atoms with Crippen molar-refractivity contribution >= 4 is 23.9 Å². The molecule has 1 N–H and O–H groups in total. The van der Waals surface area contributed by atoms with Gasteiger partial charge in [-0.1, -0.05) is 11.6 Å². The van der Waals surface area contributed by atoms with Gasteiger partial charge in [0.1, 0.15) is 13.2 Å². The fraction of sp³-hybridized carbons (Fsp3) is 0.333. The second-order valence-corrected chi connectivity index (χ2v) is 4.17. The van der Waals surface area contributed by atoms with E-state index in [1.165, 1.54) is 6.07 Å². The lowest BCUT2D eigenvalue weighted by Crippen LogP contribution is -2.21. The third kappa shape index (κ3) is 2.36. The van der Waals surface area contributed by atoms with Gasteiger partial charge in [-0.25, -0.2) is 4.79 Å². The normalized spacial score (nSPS) is 14.7. The van der Waals surface area contributed by atoms with Gasteiger partial charge in [-0.05, 0) is 6.07 Å². The average Bonchev–Trinajstić information content (AvgIpc) is 2.44. The zero-order valence-corrected chi connectivity index (χ0v) is 10.8. The maximum absolute atomic E-state index is 11.4. The van der Waals surface area contributed by atoms with Crippen LogP contribution in [-0.4, -0.2) is 37.7 Å². The Balaban J connectivity index is 2.59. The van der Waals surface area contributed by atoms with E-state index in [0.29, 0.717) is 6.29 Å². The van der Waals surface area contributed by atoms with Crippen LogP contribution in [0.1, 0.15) is 22.0 Å². The largest absolute Gasteiger partial charge is 0.486 e. The van der Waals surface area contributed by atoms with Gasteiger partial charge in [-0.2, -0.15) is 0 Å². The highest BCUT2D eigenvalue weighted by Crippen LogP contribution is 2.43. The lowest BCUT2D eigenvalue weighted by Gasteiger charge is -2.24. The summed E-state index contributed by atoms with van der Waals surface area (Å²) in [5, 5.41) is 9.94. The van der Waals surface area contributed by atoms with Crippen LogP contribution in [0.3, 0.4) is 0 Å². The molecule has 6 nitrogen and oxygen atoms in total. The van der Waals surface area contributed by atoms with E-state index in [0.717, 1.165) is 7.11 Å². The number of hydrogen-bond acceptors (Lipinski definition) is 6. The van der Waals surface area contributed by atoms with Crippen LogP contribution in [-0.2, 0) is 9.53 Å². The number of carbonyl (C=O) groups is 2. The Morgan fingerprint density at radius 2 is 2.11 bits per heavy atom. The molecule has 1 unspecified atom stereocenters. The Morgan fingerprint density at radius 1 is 1.47 bits per heavy atom. The summed E-state index contributed by atoms with van der Waals surface area (Å²) in [6, 6.07) is 1.29. The number of aliphatic hydroxyl groups is 1. The van der Waals surface area contributed by atoms with Gasteiger partial charge in [0.2, 0.25) is 0 Å². The minimum absolute atomic E-state index is 0.0669. The summed E-state index contributed by atoms with van der Waals surface area (Å²) >= 11 is 5.93. The summed E-state index contributed by atoms with van der Waals surface area (Å²) in [5.74, 6) is -0.589. The Hall–Kier alpha value is -1.79. The van der Waals surface area contributed by atoms with E-state index >= 15 is 0 Å². The topological polar surface area (TPSA) is 82.1 Å². The van der Waals surface area contributed by atoms with Crippen LogP contribution in [0.4, 0.5) is 0 Å². The quantitative estimate of drug-likeness (QED) is 0.662. The fourth-order valence-electron chi connectivity index (χ4n) is 1.77. The molecule has 1 aliphatic rings. The van der Waals surface area contributed by atoms with Crippen LogP contribution in [0, 0.1) is 0 Å². The van der Waals surface area contributed by atoms with E-state index in [-0.39, 0.29) is 40.9 Å². The van der Waals surface area contributed by atoms with Gasteiger partial charge in [0.25, 0.3) is 0 Å². The molecule has 7 heteroatoms. The Morgan fingerprint density at radius 3 is 2.68 bits per heavy atom. The summed E-state index contributed by atoms with van der Waals surface area (Å²) in [4.78, 5) is 22.4. The van der Waals surface area contributed by atoms with Gasteiger partial charge in [-0.15, -0.1) is 0 Å². The summed E-state index contributed by atoms with van der Waals surface area (Å²) in [5.41, 5.74) is 0.231. The molecule has 0 fully saturated rings. The van der Waals surface area contributed by atoms with Crippen LogP contribution < -0.4 is 9.47 Å². The maximum Gasteiger partial charge on any atom is 0.339 e. The fourth-order valence-corrected chi connectivity index (χ4v) is 2.02. The second kappa shape index (κ2) is 5.46. The number of ether oxygens (including phenoxy) is 3. The smallest absolute Gasteiger partial charge is 0.339 e. The number of esters is 1. The van der Waals surface area contributed by atoms with Crippen LogP contribution >= 0.6 is 11.6 Å². The molecule has 0 saturated carbocycles. The molecule has 0 amide bonds. The zero-order chi connectivity index (χ0) is 14.0. The molecular weight excluding hydrogens is 276 g/mol. The van der Waals surface area contributed by atoms with Crippen LogP contribution in [0.2, 0.25) is 5.02 Å². The van der Waals surface area contributed by atoms with Crippen molar-refractivity contribution in [3.05, 3.63) is 22.2 Å². The van der Waals surface area contributed by atoms with Crippen molar-refractivity contribution in [2.75, 3.05) is 20.3 Å². The predicted octanol–water partition coefficient (Wildman–Crippen LogP) is 1.13. The molecule has 2 rings (SSSR count). The molecule has 1 heterocycles. The summed E-state index contributed by atoms with van der Waals surface area (Å²) in [6.45, 7) is 0.496. The standard InChI is InChI=1S/C12H11ClO6/c1-17-12(16)9(15)6-4-8(13)7(5-14)11-10(6)18-2-3-19-11/h4-5,9,15H,2-3H2,1H3. The third-order valence-electron chi connectivity index (χ3n) is 2.67. The molecular formula is C12H11ClO6. The summed E-state index contributed by atoms with van der Waals surface area (Å²) in [7, 11) is 1.15. The molecule has 0 spiro atoms. The second-order valence-electron chi connectivity index (χ2n) is 3.76. The van der Waals surface area contributed by atoms with Crippen molar-refractivity contribution in [1.82, 2.24) is 0 Å². The maximum atomic E-state index is 11.4. The highest BCUT2D eigenvalue weighted by molar-refractivity contribution is 6.33. The number of carbonyl (C=O) groups excluding carboxylic acids is 2. The zero-order valence-electron chi connectivity index (χ0n) is 10.0. The van der Waals surface area contributed by atoms with Crippen molar-refractivity contribution in [3.8, 4) is 11.5 Å². The van der Waals surface area contributed by atoms with Crippen LogP contribution in [0.15, 0.2) is 6.07 Å². The number of benzene rings is 1. The Labute approximate surface area is 113 Å². The highest BCUT2D eigenvalue weighted by atomic mass is 35.5. The first-order valence-corrected chi connectivity index (χ1v) is 5.81. The van der Waals surface area contributed by atoms with Crippen molar-refractivity contribution in [2.45, 2.75) is 6.10 Å². The van der Waals surface area contributed by atoms with Gasteiger partial charge in [0.15, 0.2) is 23.9 Å². The first-order valence-electron chi connectivity index (χ1n) is 5.43. The molecule has 1 aromatic carbocycles. The van der Waals surface area contributed by atoms with Gasteiger partial charge >= 0.3 is 5.97 Å². The predicted molar refractivity (Wildman–Crippen MR) is 64.8 cm³/mol. The number of hydrogen-bond donors (Lipinski definition) is 1. The van der Waals surface area contributed by atoms with Gasteiger partial charge in [0.05, 0.1) is 17.7 Å². The van der Waals surface area contributed by atoms with E-state index in [9.17, 15) is 14.7 Å². The molecule has 0 saturated heterocycles. The highest BCUT2D eigenvalue weighted by Gasteiger charge is 2.29. The number of methoxy groups -OCH3 is 1. The molecule has 0 aromatic heterocycles. The van der Waals surface area contributed by atoms with Gasteiger partial charge in [0, 0.05) is 5.56 Å². The molecule has 1 aliphatic heterocycles. The van der Waals surface area contributed by atoms with E-state index in [2.05, 4.69) is 4.74 Å². The average molecular weight is 287 g/mol. The summed E-state index contributed by atoms with van der Waals surface area (Å²) in [6.07, 6.45) is -1.02. The SMILES string of the molecule is COC(=O)C(O)c1cc(Cl)c(C=O)c2c1OCCO2. The van der Waals surface area contributed by atoms with Crippen LogP contribution in [0.25, 0.3) is 0 Å². The lowest BCUT2D eigenvalue weighted by atomic mass is 10.0. The van der Waals surface area contributed by atoms with Crippen molar-refractivity contribution in [1.29, 1.82) is 0 Å². The van der Waals surface area contributed by atoms with Crippen molar-refractivity contribution < 1.29 is 28.9 Å². The lowest BCUT2D eigenvalue weighted by molar-refractivity contribution is -0.150. The summed E-state index contributed by atoms with van der Waals surface area (Å²) < 4.78 is 15.1. The molecule has 0 bridgehead atoms. The molecule has 0 radical (unpaired) electrons. The monoisotopic (exact) mass is 286 g/mol. The van der Waals surface area contributed by atoms with E-state index in [4.69, 9.17) is 21.1 Å².